The lowest BCUT2D eigenvalue weighted by Crippen LogP contribution is -2.07. The molecule has 1 aromatic heterocycles. The van der Waals surface area contributed by atoms with Crippen molar-refractivity contribution in [2.24, 2.45) is 0 Å². The molecule has 0 aromatic carbocycles. The first-order valence-corrected chi connectivity index (χ1v) is 4.36. The molecule has 1 N–H and O–H groups in total. The summed E-state index contributed by atoms with van der Waals surface area (Å²) in [5.41, 5.74) is 0. The van der Waals surface area contributed by atoms with Crippen LogP contribution in [0.3, 0.4) is 0 Å². The fourth-order valence-electron chi connectivity index (χ4n) is 0.667. The minimum Gasteiger partial charge on any atom is -0.311 e. The number of halogens is 2. The van der Waals surface area contributed by atoms with E-state index in [4.69, 9.17) is 11.6 Å². The van der Waals surface area contributed by atoms with Gasteiger partial charge in [0, 0.05) is 6.92 Å². The van der Waals surface area contributed by atoms with Crippen molar-refractivity contribution in [3.8, 4) is 0 Å². The van der Waals surface area contributed by atoms with E-state index in [2.05, 4.69) is 26.2 Å². The number of hydrogen-bond acceptors (Lipinski definition) is 2. The monoisotopic (exact) mass is 248 g/mol. The lowest BCUT2D eigenvalue weighted by Gasteiger charge is -2.01. The van der Waals surface area contributed by atoms with Gasteiger partial charge in [0.25, 0.3) is 0 Å². The molecule has 0 saturated heterocycles. The van der Waals surface area contributed by atoms with Crippen LogP contribution >= 0.6 is 27.5 Å². The minimum absolute atomic E-state index is 0.166. The molecular formula is C7H6BrClN2O. The van der Waals surface area contributed by atoms with Crippen LogP contribution in [0.4, 0.5) is 5.82 Å². The van der Waals surface area contributed by atoms with Gasteiger partial charge in [-0.25, -0.2) is 4.98 Å². The highest BCUT2D eigenvalue weighted by atomic mass is 79.9. The Balaban J connectivity index is 2.89. The third kappa shape index (κ3) is 2.46. The number of pyridine rings is 1. The van der Waals surface area contributed by atoms with Gasteiger partial charge < -0.3 is 5.32 Å². The summed E-state index contributed by atoms with van der Waals surface area (Å²) in [6.45, 7) is 1.41. The van der Waals surface area contributed by atoms with E-state index in [9.17, 15) is 4.79 Å². The Morgan fingerprint density at radius 3 is 2.83 bits per heavy atom. The summed E-state index contributed by atoms with van der Waals surface area (Å²) in [7, 11) is 0. The lowest BCUT2D eigenvalue weighted by molar-refractivity contribution is -0.114. The highest BCUT2D eigenvalue weighted by Crippen LogP contribution is 2.21. The first kappa shape index (κ1) is 9.48. The van der Waals surface area contributed by atoms with E-state index in [0.717, 1.165) is 0 Å². The van der Waals surface area contributed by atoms with Gasteiger partial charge in [-0.15, -0.1) is 0 Å². The fourth-order valence-corrected chi connectivity index (χ4v) is 1.04. The zero-order valence-corrected chi connectivity index (χ0v) is 8.61. The van der Waals surface area contributed by atoms with Crippen LogP contribution in [0.5, 0.6) is 0 Å². The average Bonchev–Trinajstić information content (AvgIpc) is 1.96. The predicted molar refractivity (Wildman–Crippen MR) is 51.3 cm³/mol. The van der Waals surface area contributed by atoms with Gasteiger partial charge in [0.05, 0.1) is 4.47 Å². The molecule has 0 unspecified atom stereocenters. The number of rotatable bonds is 1. The number of carbonyl (C=O) groups is 1. The molecule has 12 heavy (non-hydrogen) atoms. The number of aromatic nitrogens is 1. The summed E-state index contributed by atoms with van der Waals surface area (Å²) in [5.74, 6) is 0.289. The van der Waals surface area contributed by atoms with Crippen molar-refractivity contribution in [3.63, 3.8) is 0 Å². The van der Waals surface area contributed by atoms with Gasteiger partial charge >= 0.3 is 0 Å². The minimum atomic E-state index is -0.166. The van der Waals surface area contributed by atoms with Crippen LogP contribution in [-0.4, -0.2) is 10.9 Å². The number of nitrogens with one attached hydrogen (secondary N) is 1. The van der Waals surface area contributed by atoms with Gasteiger partial charge in [0.1, 0.15) is 11.0 Å². The fraction of sp³-hybridized carbons (Fsp3) is 0.143. The second kappa shape index (κ2) is 3.87. The van der Waals surface area contributed by atoms with Gasteiger partial charge in [-0.05, 0) is 28.1 Å². The molecule has 5 heteroatoms. The van der Waals surface area contributed by atoms with E-state index in [-0.39, 0.29) is 5.91 Å². The average molecular weight is 249 g/mol. The molecule has 0 spiro atoms. The second-order valence-corrected chi connectivity index (χ2v) is 3.36. The molecule has 0 aliphatic carbocycles. The van der Waals surface area contributed by atoms with Crippen LogP contribution < -0.4 is 5.32 Å². The molecule has 1 amide bonds. The number of nitrogens with zero attached hydrogens (tertiary/aromatic N) is 1. The van der Waals surface area contributed by atoms with Crippen molar-refractivity contribution in [2.45, 2.75) is 6.92 Å². The molecule has 0 fully saturated rings. The number of anilines is 1. The largest absolute Gasteiger partial charge is 0.311 e. The van der Waals surface area contributed by atoms with Crippen LogP contribution in [0.15, 0.2) is 16.6 Å². The van der Waals surface area contributed by atoms with Gasteiger partial charge in [-0.3, -0.25) is 4.79 Å². The van der Waals surface area contributed by atoms with E-state index in [1.807, 2.05) is 0 Å². The van der Waals surface area contributed by atoms with Crippen LogP contribution in [0, 0.1) is 0 Å². The topological polar surface area (TPSA) is 42.0 Å². The van der Waals surface area contributed by atoms with Crippen molar-refractivity contribution in [1.82, 2.24) is 4.98 Å². The zero-order valence-electron chi connectivity index (χ0n) is 6.27. The van der Waals surface area contributed by atoms with Crippen molar-refractivity contribution >= 4 is 39.3 Å². The summed E-state index contributed by atoms with van der Waals surface area (Å²) in [6.07, 6.45) is 0. The predicted octanol–water partition coefficient (Wildman–Crippen LogP) is 2.46. The third-order valence-electron chi connectivity index (χ3n) is 1.11. The van der Waals surface area contributed by atoms with Gasteiger partial charge in [-0.1, -0.05) is 11.6 Å². The maximum atomic E-state index is 10.6. The smallest absolute Gasteiger partial charge is 0.222 e. The lowest BCUT2D eigenvalue weighted by atomic mass is 10.4. The molecule has 0 radical (unpaired) electrons. The Labute approximate surface area is 83.3 Å². The molecule has 64 valence electrons. The van der Waals surface area contributed by atoms with Crippen molar-refractivity contribution in [3.05, 3.63) is 21.8 Å². The van der Waals surface area contributed by atoms with E-state index in [1.54, 1.807) is 12.1 Å². The molecule has 0 aliphatic rings. The van der Waals surface area contributed by atoms with Crippen molar-refractivity contribution in [1.29, 1.82) is 0 Å². The van der Waals surface area contributed by atoms with Gasteiger partial charge in [0.15, 0.2) is 0 Å². The van der Waals surface area contributed by atoms with Gasteiger partial charge in [-0.2, -0.15) is 0 Å². The Morgan fingerprint density at radius 1 is 1.67 bits per heavy atom. The molecule has 0 aliphatic heterocycles. The number of carbonyl (C=O) groups excluding carboxylic acids is 1. The molecule has 0 bridgehead atoms. The summed E-state index contributed by atoms with van der Waals surface area (Å²) < 4.78 is 0.707. The first-order valence-electron chi connectivity index (χ1n) is 3.19. The zero-order chi connectivity index (χ0) is 9.14. The van der Waals surface area contributed by atoms with E-state index in [0.29, 0.717) is 15.4 Å². The second-order valence-electron chi connectivity index (χ2n) is 2.15. The van der Waals surface area contributed by atoms with E-state index >= 15 is 0 Å². The van der Waals surface area contributed by atoms with Crippen molar-refractivity contribution < 1.29 is 4.79 Å². The standard InChI is InChI=1S/C7H6BrClN2O/c1-4(12)10-6-3-2-5(8)7(9)11-6/h2-3H,1H3,(H,10,11,12). The van der Waals surface area contributed by atoms with Crippen LogP contribution in [-0.2, 0) is 4.79 Å². The number of amides is 1. The normalized spacial score (nSPS) is 9.58. The Kier molecular flexibility index (Phi) is 3.05. The molecule has 1 aromatic rings. The molecule has 1 rings (SSSR count). The van der Waals surface area contributed by atoms with Gasteiger partial charge in [0.2, 0.25) is 5.91 Å². The SMILES string of the molecule is CC(=O)Nc1ccc(Br)c(Cl)n1. The van der Waals surface area contributed by atoms with Crippen LogP contribution in [0.1, 0.15) is 6.92 Å². The van der Waals surface area contributed by atoms with Crippen LogP contribution in [0.25, 0.3) is 0 Å². The molecule has 1 heterocycles. The number of hydrogen-bond donors (Lipinski definition) is 1. The quantitative estimate of drug-likeness (QED) is 0.777. The Hall–Kier alpha value is -0.610. The van der Waals surface area contributed by atoms with E-state index in [1.165, 1.54) is 6.92 Å². The molecule has 3 nitrogen and oxygen atoms in total. The summed E-state index contributed by atoms with van der Waals surface area (Å²) in [4.78, 5) is 14.5. The highest BCUT2D eigenvalue weighted by molar-refractivity contribution is 9.10. The van der Waals surface area contributed by atoms with Crippen molar-refractivity contribution in [2.75, 3.05) is 5.32 Å². The summed E-state index contributed by atoms with van der Waals surface area (Å²) >= 11 is 8.88. The molecule has 0 atom stereocenters. The first-order chi connectivity index (χ1) is 5.59. The summed E-state index contributed by atoms with van der Waals surface area (Å²) in [6, 6.07) is 3.39. The Bertz CT molecular complexity index is 316. The maximum absolute atomic E-state index is 10.6. The van der Waals surface area contributed by atoms with Crippen LogP contribution in [0.2, 0.25) is 5.15 Å². The van der Waals surface area contributed by atoms with E-state index < -0.39 is 0 Å². The Morgan fingerprint density at radius 2 is 2.33 bits per heavy atom. The highest BCUT2D eigenvalue weighted by Gasteiger charge is 2.00. The molecular weight excluding hydrogens is 243 g/mol. The molecule has 0 saturated carbocycles. The maximum Gasteiger partial charge on any atom is 0.222 e. The third-order valence-corrected chi connectivity index (χ3v) is 2.26. The summed E-state index contributed by atoms with van der Waals surface area (Å²) in [5, 5.41) is 2.85.